The maximum absolute atomic E-state index is 5.36. The number of hydrogen-bond acceptors (Lipinski definition) is 4. The van der Waals surface area contributed by atoms with Gasteiger partial charge in [0.15, 0.2) is 5.96 Å². The first kappa shape index (κ1) is 19.7. The zero-order valence-electron chi connectivity index (χ0n) is 13.4. The molecule has 22 heavy (non-hydrogen) atoms. The van der Waals surface area contributed by atoms with Crippen LogP contribution in [0, 0.1) is 6.92 Å². The van der Waals surface area contributed by atoms with E-state index in [0.717, 1.165) is 58.4 Å². The van der Waals surface area contributed by atoms with Gasteiger partial charge in [-0.2, -0.15) is 0 Å². The Hall–Kier alpha value is -0.380. The summed E-state index contributed by atoms with van der Waals surface area (Å²) in [7, 11) is 0. The molecule has 1 fully saturated rings. The van der Waals surface area contributed by atoms with Gasteiger partial charge in [-0.3, -0.25) is 4.90 Å². The molecule has 1 aliphatic rings. The van der Waals surface area contributed by atoms with Crippen LogP contribution in [0.5, 0.6) is 0 Å². The van der Waals surface area contributed by atoms with Crippen molar-refractivity contribution < 1.29 is 4.74 Å². The Bertz CT molecular complexity index is 447. The number of halogens is 1. The molecule has 0 amide bonds. The van der Waals surface area contributed by atoms with Crippen molar-refractivity contribution in [3.63, 3.8) is 0 Å². The molecular formula is C15H27IN4OS. The smallest absolute Gasteiger partial charge is 0.191 e. The first-order valence-electron chi connectivity index (χ1n) is 7.65. The summed E-state index contributed by atoms with van der Waals surface area (Å²) in [4.78, 5) is 9.70. The number of aryl methyl sites for hydroxylation is 1. The van der Waals surface area contributed by atoms with E-state index in [1.807, 2.05) is 11.3 Å². The van der Waals surface area contributed by atoms with Gasteiger partial charge in [-0.1, -0.05) is 0 Å². The lowest BCUT2D eigenvalue weighted by Crippen LogP contribution is -2.44. The number of thiophene rings is 1. The van der Waals surface area contributed by atoms with E-state index in [4.69, 9.17) is 4.74 Å². The highest BCUT2D eigenvalue weighted by atomic mass is 127. The van der Waals surface area contributed by atoms with Gasteiger partial charge in [0.2, 0.25) is 0 Å². The van der Waals surface area contributed by atoms with Crippen LogP contribution in [0.3, 0.4) is 0 Å². The minimum absolute atomic E-state index is 0. The summed E-state index contributed by atoms with van der Waals surface area (Å²) in [5.74, 6) is 0.900. The Morgan fingerprint density at radius 2 is 2.09 bits per heavy atom. The highest BCUT2D eigenvalue weighted by molar-refractivity contribution is 14.0. The molecule has 0 bridgehead atoms. The third-order valence-corrected chi connectivity index (χ3v) is 4.34. The van der Waals surface area contributed by atoms with Crippen LogP contribution in [0.15, 0.2) is 17.1 Å². The number of guanidine groups is 1. The van der Waals surface area contributed by atoms with E-state index in [2.05, 4.69) is 46.5 Å². The van der Waals surface area contributed by atoms with Crippen molar-refractivity contribution >= 4 is 41.3 Å². The van der Waals surface area contributed by atoms with Crippen LogP contribution >= 0.6 is 35.3 Å². The maximum Gasteiger partial charge on any atom is 0.191 e. The van der Waals surface area contributed by atoms with Crippen LogP contribution in [0.25, 0.3) is 0 Å². The predicted octanol–water partition coefficient (Wildman–Crippen LogP) is 2.06. The average Bonchev–Trinajstić information content (AvgIpc) is 2.91. The number of morpholine rings is 1. The topological polar surface area (TPSA) is 48.9 Å². The molecule has 1 aliphatic heterocycles. The van der Waals surface area contributed by atoms with Crippen molar-refractivity contribution in [2.75, 3.05) is 45.9 Å². The lowest BCUT2D eigenvalue weighted by Gasteiger charge is -2.26. The van der Waals surface area contributed by atoms with Crippen LogP contribution < -0.4 is 10.6 Å². The van der Waals surface area contributed by atoms with Crippen LogP contribution in [0.1, 0.15) is 16.7 Å². The Balaban J connectivity index is 0.00000242. The number of hydrogen-bond donors (Lipinski definition) is 2. The standard InChI is InChI=1S/C15H26N4OS.HI/c1-3-16-15(18-12-14-5-4-13(2)21-14)17-6-7-19-8-10-20-11-9-19;/h4-5H,3,6-12H2,1-2H3,(H2,16,17,18);1H. The summed E-state index contributed by atoms with van der Waals surface area (Å²) in [6.45, 7) is 11.6. The molecule has 2 rings (SSSR count). The van der Waals surface area contributed by atoms with Gasteiger partial charge in [-0.25, -0.2) is 4.99 Å². The summed E-state index contributed by atoms with van der Waals surface area (Å²) in [6, 6.07) is 4.30. The van der Waals surface area contributed by atoms with E-state index in [-0.39, 0.29) is 24.0 Å². The highest BCUT2D eigenvalue weighted by Gasteiger charge is 2.09. The van der Waals surface area contributed by atoms with E-state index in [0.29, 0.717) is 0 Å². The number of aliphatic imine (C=N–C) groups is 1. The van der Waals surface area contributed by atoms with Gasteiger partial charge in [0.05, 0.1) is 19.8 Å². The zero-order chi connectivity index (χ0) is 14.9. The van der Waals surface area contributed by atoms with Gasteiger partial charge in [0.1, 0.15) is 0 Å². The first-order chi connectivity index (χ1) is 10.3. The third kappa shape index (κ3) is 7.26. The van der Waals surface area contributed by atoms with Crippen LogP contribution in [-0.2, 0) is 11.3 Å². The first-order valence-corrected chi connectivity index (χ1v) is 8.47. The fraction of sp³-hybridized carbons (Fsp3) is 0.667. The monoisotopic (exact) mass is 438 g/mol. The van der Waals surface area contributed by atoms with Crippen molar-refractivity contribution in [2.24, 2.45) is 4.99 Å². The lowest BCUT2D eigenvalue weighted by molar-refractivity contribution is 0.0389. The van der Waals surface area contributed by atoms with Gasteiger partial charge < -0.3 is 15.4 Å². The summed E-state index contributed by atoms with van der Waals surface area (Å²) in [6.07, 6.45) is 0. The second kappa shape index (κ2) is 11.2. The van der Waals surface area contributed by atoms with E-state index in [1.54, 1.807) is 0 Å². The van der Waals surface area contributed by atoms with Gasteiger partial charge >= 0.3 is 0 Å². The van der Waals surface area contributed by atoms with Gasteiger partial charge in [-0.15, -0.1) is 35.3 Å². The second-order valence-corrected chi connectivity index (χ2v) is 6.46. The van der Waals surface area contributed by atoms with Crippen molar-refractivity contribution in [2.45, 2.75) is 20.4 Å². The Labute approximate surface area is 154 Å². The van der Waals surface area contributed by atoms with Crippen LogP contribution in [0.2, 0.25) is 0 Å². The van der Waals surface area contributed by atoms with Crippen LogP contribution in [0.4, 0.5) is 0 Å². The fourth-order valence-electron chi connectivity index (χ4n) is 2.23. The molecule has 2 N–H and O–H groups in total. The van der Waals surface area contributed by atoms with Crippen molar-refractivity contribution in [3.05, 3.63) is 21.9 Å². The molecule has 0 unspecified atom stereocenters. The van der Waals surface area contributed by atoms with Crippen molar-refractivity contribution in [1.82, 2.24) is 15.5 Å². The van der Waals surface area contributed by atoms with E-state index in [9.17, 15) is 0 Å². The average molecular weight is 438 g/mol. The van der Waals surface area contributed by atoms with E-state index in [1.165, 1.54) is 9.75 Å². The Morgan fingerprint density at radius 3 is 2.73 bits per heavy atom. The summed E-state index contributed by atoms with van der Waals surface area (Å²) in [5, 5.41) is 6.70. The molecule has 7 heteroatoms. The Morgan fingerprint density at radius 1 is 1.32 bits per heavy atom. The molecule has 0 aromatic carbocycles. The lowest BCUT2D eigenvalue weighted by atomic mass is 10.4. The van der Waals surface area contributed by atoms with Gasteiger partial charge in [-0.05, 0) is 26.0 Å². The zero-order valence-corrected chi connectivity index (χ0v) is 16.6. The highest BCUT2D eigenvalue weighted by Crippen LogP contribution is 2.15. The molecule has 0 aliphatic carbocycles. The number of nitrogens with one attached hydrogen (secondary N) is 2. The maximum atomic E-state index is 5.36. The van der Waals surface area contributed by atoms with E-state index < -0.39 is 0 Å². The molecule has 1 aromatic rings. The molecule has 5 nitrogen and oxygen atoms in total. The summed E-state index contributed by atoms with van der Waals surface area (Å²) < 4.78 is 5.36. The SMILES string of the molecule is CCNC(=NCc1ccc(C)s1)NCCN1CCOCC1.I. The number of ether oxygens (including phenoxy) is 1. The molecule has 0 saturated carbocycles. The minimum atomic E-state index is 0. The van der Waals surface area contributed by atoms with E-state index >= 15 is 0 Å². The summed E-state index contributed by atoms with van der Waals surface area (Å²) in [5.41, 5.74) is 0. The normalized spacial score (nSPS) is 16.2. The number of nitrogens with zero attached hydrogens (tertiary/aromatic N) is 2. The van der Waals surface area contributed by atoms with Crippen molar-refractivity contribution in [3.8, 4) is 0 Å². The van der Waals surface area contributed by atoms with Crippen LogP contribution in [-0.4, -0.2) is 56.8 Å². The predicted molar refractivity (Wildman–Crippen MR) is 105 cm³/mol. The largest absolute Gasteiger partial charge is 0.379 e. The Kier molecular flexibility index (Phi) is 10.0. The molecule has 1 saturated heterocycles. The molecule has 0 radical (unpaired) electrons. The summed E-state index contributed by atoms with van der Waals surface area (Å²) >= 11 is 1.81. The quantitative estimate of drug-likeness (QED) is 0.406. The molecule has 2 heterocycles. The molecular weight excluding hydrogens is 411 g/mol. The molecule has 126 valence electrons. The molecule has 1 aromatic heterocycles. The molecule has 0 spiro atoms. The molecule has 0 atom stereocenters. The third-order valence-electron chi connectivity index (χ3n) is 3.36. The minimum Gasteiger partial charge on any atom is -0.379 e. The van der Waals surface area contributed by atoms with Gasteiger partial charge in [0, 0.05) is 42.5 Å². The van der Waals surface area contributed by atoms with Gasteiger partial charge in [0.25, 0.3) is 0 Å². The second-order valence-electron chi connectivity index (χ2n) is 5.09. The number of rotatable bonds is 6. The van der Waals surface area contributed by atoms with Crippen molar-refractivity contribution in [1.29, 1.82) is 0 Å². The fourth-order valence-corrected chi connectivity index (χ4v) is 3.04.